The lowest BCUT2D eigenvalue weighted by molar-refractivity contribution is 0.133. The zero-order chi connectivity index (χ0) is 49.9. The van der Waals surface area contributed by atoms with Gasteiger partial charge in [0.25, 0.3) is 6.71 Å². The van der Waals surface area contributed by atoms with Crippen molar-refractivity contribution in [2.45, 2.75) is 124 Å². The van der Waals surface area contributed by atoms with E-state index in [0.717, 1.165) is 19.3 Å². The number of aryl methyl sites for hydroxylation is 1. The summed E-state index contributed by atoms with van der Waals surface area (Å²) in [6.07, 6.45) is 4.51. The van der Waals surface area contributed by atoms with Gasteiger partial charge in [0.1, 0.15) is 0 Å². The van der Waals surface area contributed by atoms with Gasteiger partial charge in [0.2, 0.25) is 0 Å². The molecule has 3 heterocycles. The Labute approximate surface area is 429 Å². The summed E-state index contributed by atoms with van der Waals surface area (Å²) in [5.74, 6) is 0. The molecule has 0 amide bonds. The Bertz CT molecular complexity index is 3540. The van der Waals surface area contributed by atoms with Crippen molar-refractivity contribution in [2.24, 2.45) is 5.41 Å². The monoisotopic (exact) mass is 938 g/mol. The summed E-state index contributed by atoms with van der Waals surface area (Å²) in [5, 5.41) is 0. The van der Waals surface area contributed by atoms with Crippen LogP contribution in [-0.2, 0) is 29.1 Å². The Morgan fingerprint density at radius 2 is 0.986 bits per heavy atom. The van der Waals surface area contributed by atoms with Crippen LogP contribution in [0.3, 0.4) is 0 Å². The highest BCUT2D eigenvalue weighted by Crippen LogP contribution is 2.65. The summed E-state index contributed by atoms with van der Waals surface area (Å²) in [5.41, 5.74) is 27.8. The van der Waals surface area contributed by atoms with E-state index in [1.807, 2.05) is 0 Å². The largest absolute Gasteiger partial charge is 0.334 e. The predicted molar refractivity (Wildman–Crippen MR) is 308 cm³/mol. The van der Waals surface area contributed by atoms with E-state index in [-0.39, 0.29) is 33.9 Å². The Balaban J connectivity index is 1.13. The van der Waals surface area contributed by atoms with Crippen LogP contribution >= 0.6 is 0 Å². The molecule has 0 saturated heterocycles. The first-order chi connectivity index (χ1) is 34.3. The number of nitrogens with zero attached hydrogens (tertiary/aromatic N) is 3. The molecule has 1 fully saturated rings. The third-order valence-corrected chi connectivity index (χ3v) is 18.0. The molecule has 4 heteroatoms. The summed E-state index contributed by atoms with van der Waals surface area (Å²) in [4.78, 5) is 8.08. The van der Waals surface area contributed by atoms with Crippen molar-refractivity contribution >= 4 is 68.6 Å². The van der Waals surface area contributed by atoms with E-state index in [2.05, 4.69) is 255 Å². The average molecular weight is 938 g/mol. The lowest BCUT2D eigenvalue weighted by atomic mass is 9.33. The van der Waals surface area contributed by atoms with Gasteiger partial charge in [-0.25, -0.2) is 0 Å². The molecule has 2 unspecified atom stereocenters. The zero-order valence-electron chi connectivity index (χ0n) is 44.3. The molecule has 2 atom stereocenters. The highest BCUT2D eigenvalue weighted by molar-refractivity contribution is 7.00. The van der Waals surface area contributed by atoms with Gasteiger partial charge in [-0.2, -0.15) is 0 Å². The first-order valence-electron chi connectivity index (χ1n) is 26.7. The van der Waals surface area contributed by atoms with E-state index in [4.69, 9.17) is 0 Å². The lowest BCUT2D eigenvalue weighted by Gasteiger charge is -2.56. The van der Waals surface area contributed by atoms with Crippen LogP contribution in [0.1, 0.15) is 115 Å². The minimum atomic E-state index is -0.0331. The van der Waals surface area contributed by atoms with Crippen molar-refractivity contribution in [3.8, 4) is 22.3 Å². The molecule has 13 rings (SSSR count). The van der Waals surface area contributed by atoms with Gasteiger partial charge in [-0.15, -0.1) is 0 Å². The molecule has 0 bridgehead atoms. The van der Waals surface area contributed by atoms with Gasteiger partial charge in [0, 0.05) is 50.7 Å². The number of fused-ring (bicyclic) bond motifs is 8. The number of benzene rings is 8. The van der Waals surface area contributed by atoms with Crippen molar-refractivity contribution in [3.63, 3.8) is 0 Å². The molecule has 0 aromatic heterocycles. The molecular formula is C68H68BN3. The maximum Gasteiger partial charge on any atom is 0.252 e. The van der Waals surface area contributed by atoms with Crippen molar-refractivity contribution < 1.29 is 0 Å². The maximum atomic E-state index is 2.72. The fraction of sp³-hybridized carbons (Fsp3) is 0.294. The predicted octanol–water partition coefficient (Wildman–Crippen LogP) is 16.1. The highest BCUT2D eigenvalue weighted by atomic mass is 15.3. The lowest BCUT2D eigenvalue weighted by Crippen LogP contribution is -2.62. The summed E-state index contributed by atoms with van der Waals surface area (Å²) in [6.45, 7) is 26.3. The Morgan fingerprint density at radius 3 is 1.53 bits per heavy atom. The van der Waals surface area contributed by atoms with Crippen LogP contribution in [0.15, 0.2) is 164 Å². The van der Waals surface area contributed by atoms with E-state index in [1.54, 1.807) is 0 Å². The number of hydrogen-bond donors (Lipinski definition) is 0. The second-order valence-electron chi connectivity index (χ2n) is 25.4. The molecule has 0 spiro atoms. The molecule has 358 valence electrons. The first-order valence-corrected chi connectivity index (χ1v) is 26.7. The van der Waals surface area contributed by atoms with Gasteiger partial charge in [-0.3, -0.25) is 0 Å². The molecule has 8 aromatic carbocycles. The topological polar surface area (TPSA) is 9.72 Å². The van der Waals surface area contributed by atoms with E-state index in [9.17, 15) is 0 Å². The minimum absolute atomic E-state index is 0.00892. The van der Waals surface area contributed by atoms with Gasteiger partial charge in [0.15, 0.2) is 0 Å². The zero-order valence-corrected chi connectivity index (χ0v) is 44.3. The molecule has 3 nitrogen and oxygen atoms in total. The molecule has 72 heavy (non-hydrogen) atoms. The Kier molecular flexibility index (Phi) is 9.63. The third-order valence-electron chi connectivity index (χ3n) is 18.0. The quantitative estimate of drug-likeness (QED) is 0.159. The van der Waals surface area contributed by atoms with Crippen molar-refractivity contribution in [1.82, 2.24) is 0 Å². The number of anilines is 8. The average Bonchev–Trinajstić information content (AvgIpc) is 3.73. The third kappa shape index (κ3) is 6.56. The normalized spacial score (nSPS) is 20.0. The van der Waals surface area contributed by atoms with Gasteiger partial charge in [-0.1, -0.05) is 165 Å². The Morgan fingerprint density at radius 1 is 0.458 bits per heavy atom. The standard InChI is InChI=1S/C68H68BN3/c1-43-34-61-63-62(35-43)71(57-31-27-49(65(5,6)7)39-52(57)45-22-16-13-17-23-45)60-40-50(72-58-25-19-18-24-53(58)67(10)32-33-68(67,72)11)28-29-54(60)69(63)55-36-46-41-66(8,9)42-47(46)37-59(55)70(61)56-30-26-48(64(2,3)4)38-51(56)44-20-14-12-15-21-44/h12-31,34-40H,32-33,41-42H2,1-11H3. The van der Waals surface area contributed by atoms with Gasteiger partial charge in [-0.05, 0) is 177 Å². The molecule has 1 saturated carbocycles. The fourth-order valence-corrected chi connectivity index (χ4v) is 13.9. The van der Waals surface area contributed by atoms with E-state index < -0.39 is 0 Å². The summed E-state index contributed by atoms with van der Waals surface area (Å²) < 4.78 is 0. The fourth-order valence-electron chi connectivity index (χ4n) is 13.9. The molecule has 0 N–H and O–H groups in total. The summed E-state index contributed by atoms with van der Waals surface area (Å²) in [6, 6.07) is 64.0. The molecule has 3 aliphatic heterocycles. The number of para-hydroxylation sites is 1. The van der Waals surface area contributed by atoms with Crippen LogP contribution in [-0.4, -0.2) is 12.3 Å². The van der Waals surface area contributed by atoms with E-state index in [1.165, 1.54) is 124 Å². The van der Waals surface area contributed by atoms with Crippen LogP contribution in [0.2, 0.25) is 0 Å². The molecule has 0 radical (unpaired) electrons. The second-order valence-corrected chi connectivity index (χ2v) is 25.4. The summed E-state index contributed by atoms with van der Waals surface area (Å²) >= 11 is 0. The van der Waals surface area contributed by atoms with Crippen molar-refractivity contribution in [3.05, 3.63) is 197 Å². The van der Waals surface area contributed by atoms with E-state index in [0.29, 0.717) is 0 Å². The van der Waals surface area contributed by atoms with Crippen LogP contribution in [0.5, 0.6) is 0 Å². The molecular weight excluding hydrogens is 870 g/mol. The van der Waals surface area contributed by atoms with Crippen LogP contribution < -0.4 is 31.1 Å². The van der Waals surface area contributed by atoms with Gasteiger partial charge < -0.3 is 14.7 Å². The van der Waals surface area contributed by atoms with Crippen molar-refractivity contribution in [1.29, 1.82) is 0 Å². The summed E-state index contributed by atoms with van der Waals surface area (Å²) in [7, 11) is 0. The minimum Gasteiger partial charge on any atom is -0.334 e. The molecule has 8 aromatic rings. The highest BCUT2D eigenvalue weighted by Gasteiger charge is 2.63. The first kappa shape index (κ1) is 45.1. The van der Waals surface area contributed by atoms with Gasteiger partial charge >= 0.3 is 0 Å². The molecule has 5 aliphatic rings. The molecule has 2 aliphatic carbocycles. The van der Waals surface area contributed by atoms with Crippen LogP contribution in [0.25, 0.3) is 22.3 Å². The second kappa shape index (κ2) is 15.4. The number of rotatable bonds is 5. The Hall–Kier alpha value is -6.78. The van der Waals surface area contributed by atoms with E-state index >= 15 is 0 Å². The van der Waals surface area contributed by atoms with Gasteiger partial charge in [0.05, 0.1) is 16.9 Å². The smallest absolute Gasteiger partial charge is 0.252 e. The van der Waals surface area contributed by atoms with Crippen LogP contribution in [0, 0.1) is 12.3 Å². The number of hydrogen-bond acceptors (Lipinski definition) is 3. The van der Waals surface area contributed by atoms with Crippen LogP contribution in [0.4, 0.5) is 45.5 Å². The maximum absolute atomic E-state index is 2.72. The van der Waals surface area contributed by atoms with Crippen molar-refractivity contribution in [2.75, 3.05) is 14.7 Å². The SMILES string of the molecule is Cc1cc2c3c(c1)N(c1ccc(C(C)(C)C)cc1-c1ccccc1)c1cc4c(cc1B3c1ccc(N3c5ccccc5C5(C)CCC35C)cc1N2c1ccc(C(C)(C)C)cc1-c1ccccc1)CC(C)(C)C4.